The third-order valence-corrected chi connectivity index (χ3v) is 3.23. The highest BCUT2D eigenvalue weighted by atomic mass is 32.1. The summed E-state index contributed by atoms with van der Waals surface area (Å²) in [5, 5.41) is 11.5. The number of carbonyl (C=O) groups is 1. The highest BCUT2D eigenvalue weighted by Gasteiger charge is 2.09. The predicted molar refractivity (Wildman–Crippen MR) is 66.2 cm³/mol. The van der Waals surface area contributed by atoms with E-state index in [1.54, 1.807) is 11.3 Å². The zero-order chi connectivity index (χ0) is 12.0. The Hall–Kier alpha value is -1.10. The maximum Gasteiger partial charge on any atom is 0.303 e. The molecular weight excluding hydrogens is 224 g/mol. The normalized spacial score (nSPS) is 10.4. The van der Waals surface area contributed by atoms with E-state index in [-0.39, 0.29) is 6.42 Å². The molecule has 1 aromatic heterocycles. The van der Waals surface area contributed by atoms with Crippen LogP contribution in [0, 0.1) is 0 Å². The number of aromatic nitrogens is 1. The molecule has 0 unspecified atom stereocenters. The zero-order valence-electron chi connectivity index (χ0n) is 9.77. The third-order valence-electron chi connectivity index (χ3n) is 2.28. The molecule has 0 aromatic carbocycles. The van der Waals surface area contributed by atoms with Crippen molar-refractivity contribution < 1.29 is 9.90 Å². The van der Waals surface area contributed by atoms with Crippen LogP contribution in [0.15, 0.2) is 5.38 Å². The van der Waals surface area contributed by atoms with E-state index in [4.69, 9.17) is 5.11 Å². The van der Waals surface area contributed by atoms with Crippen LogP contribution in [0.25, 0.3) is 0 Å². The van der Waals surface area contributed by atoms with Crippen LogP contribution in [0.4, 0.5) is 5.13 Å². The molecule has 0 radical (unpaired) electrons. The minimum Gasteiger partial charge on any atom is -0.481 e. The third kappa shape index (κ3) is 3.81. The summed E-state index contributed by atoms with van der Waals surface area (Å²) in [5.41, 5.74) is 0.886. The molecule has 0 atom stereocenters. The lowest BCUT2D eigenvalue weighted by Gasteiger charge is -2.18. The van der Waals surface area contributed by atoms with E-state index in [2.05, 4.69) is 23.7 Å². The van der Waals surface area contributed by atoms with E-state index in [1.165, 1.54) is 0 Å². The molecule has 90 valence electrons. The largest absolute Gasteiger partial charge is 0.481 e. The van der Waals surface area contributed by atoms with Crippen molar-refractivity contribution in [2.24, 2.45) is 0 Å². The Balaban J connectivity index is 2.58. The first-order valence-electron chi connectivity index (χ1n) is 5.58. The molecule has 0 spiro atoms. The average Bonchev–Trinajstić information content (AvgIpc) is 2.71. The molecule has 0 saturated carbocycles. The fourth-order valence-corrected chi connectivity index (χ4v) is 2.40. The Morgan fingerprint density at radius 3 is 2.88 bits per heavy atom. The number of hydrogen-bond donors (Lipinski definition) is 1. The zero-order valence-corrected chi connectivity index (χ0v) is 10.6. The van der Waals surface area contributed by atoms with Gasteiger partial charge in [0, 0.05) is 24.9 Å². The molecule has 1 N–H and O–H groups in total. The van der Waals surface area contributed by atoms with Gasteiger partial charge in [-0.05, 0) is 13.3 Å². The second kappa shape index (κ2) is 6.48. The molecule has 16 heavy (non-hydrogen) atoms. The van der Waals surface area contributed by atoms with Crippen molar-refractivity contribution in [3.05, 3.63) is 11.1 Å². The lowest BCUT2D eigenvalue weighted by atomic mass is 10.2. The van der Waals surface area contributed by atoms with Gasteiger partial charge < -0.3 is 10.0 Å². The number of thiazole rings is 1. The van der Waals surface area contributed by atoms with Crippen molar-refractivity contribution in [3.63, 3.8) is 0 Å². The van der Waals surface area contributed by atoms with Gasteiger partial charge in [-0.3, -0.25) is 4.79 Å². The summed E-state index contributed by atoms with van der Waals surface area (Å²) in [5.74, 6) is -0.768. The summed E-state index contributed by atoms with van der Waals surface area (Å²) in [6.45, 7) is 6.19. The van der Waals surface area contributed by atoms with E-state index in [9.17, 15) is 4.79 Å². The Bertz CT molecular complexity index is 338. The molecule has 0 saturated heterocycles. The Labute approximate surface area is 99.9 Å². The van der Waals surface area contributed by atoms with Crippen LogP contribution < -0.4 is 4.90 Å². The van der Waals surface area contributed by atoms with E-state index in [0.717, 1.165) is 30.3 Å². The van der Waals surface area contributed by atoms with Crippen LogP contribution in [0.1, 0.15) is 32.4 Å². The minimum atomic E-state index is -0.768. The molecule has 1 heterocycles. The fraction of sp³-hybridized carbons (Fsp3) is 0.636. The lowest BCUT2D eigenvalue weighted by molar-refractivity contribution is -0.136. The number of carboxylic acid groups (broad SMARTS) is 1. The van der Waals surface area contributed by atoms with E-state index < -0.39 is 5.97 Å². The first-order valence-corrected chi connectivity index (χ1v) is 6.46. The van der Waals surface area contributed by atoms with Crippen molar-refractivity contribution in [2.75, 3.05) is 18.0 Å². The maximum atomic E-state index is 10.4. The van der Waals surface area contributed by atoms with Crippen LogP contribution in [0.3, 0.4) is 0 Å². The highest BCUT2D eigenvalue weighted by molar-refractivity contribution is 7.13. The van der Waals surface area contributed by atoms with Gasteiger partial charge in [0.25, 0.3) is 0 Å². The molecule has 4 nitrogen and oxygen atoms in total. The molecule has 1 aromatic rings. The van der Waals surface area contributed by atoms with E-state index in [0.29, 0.717) is 6.42 Å². The predicted octanol–water partition coefficient (Wildman–Crippen LogP) is 2.40. The minimum absolute atomic E-state index is 0.156. The van der Waals surface area contributed by atoms with Crippen LogP contribution in [0.2, 0.25) is 0 Å². The molecular formula is C11H18N2O2S. The second-order valence-electron chi connectivity index (χ2n) is 3.59. The number of rotatable bonds is 7. The Kier molecular flexibility index (Phi) is 5.25. The van der Waals surface area contributed by atoms with Crippen molar-refractivity contribution in [2.45, 2.75) is 33.1 Å². The van der Waals surface area contributed by atoms with Gasteiger partial charge in [0.2, 0.25) is 0 Å². The number of hydrogen-bond acceptors (Lipinski definition) is 4. The van der Waals surface area contributed by atoms with Crippen LogP contribution in [0.5, 0.6) is 0 Å². The van der Waals surface area contributed by atoms with Gasteiger partial charge in [-0.15, -0.1) is 11.3 Å². The standard InChI is InChI=1S/C11H18N2O2S/c1-3-7-13(4-2)11-12-9(8-16-11)5-6-10(14)15/h8H,3-7H2,1-2H3,(H,14,15). The van der Waals surface area contributed by atoms with Crippen molar-refractivity contribution >= 4 is 22.4 Å². The molecule has 0 aliphatic rings. The molecule has 0 aliphatic carbocycles. The molecule has 0 fully saturated rings. The van der Waals surface area contributed by atoms with Gasteiger partial charge in [-0.25, -0.2) is 4.98 Å². The molecule has 5 heteroatoms. The molecule has 0 aliphatic heterocycles. The summed E-state index contributed by atoms with van der Waals surface area (Å²) >= 11 is 1.60. The van der Waals surface area contributed by atoms with Gasteiger partial charge in [0.15, 0.2) is 5.13 Å². The van der Waals surface area contributed by atoms with Crippen molar-refractivity contribution in [1.29, 1.82) is 0 Å². The lowest BCUT2D eigenvalue weighted by Crippen LogP contribution is -2.23. The molecule has 0 bridgehead atoms. The first-order chi connectivity index (χ1) is 7.67. The Morgan fingerprint density at radius 2 is 2.31 bits per heavy atom. The van der Waals surface area contributed by atoms with E-state index in [1.807, 2.05) is 5.38 Å². The van der Waals surface area contributed by atoms with Crippen LogP contribution in [-0.4, -0.2) is 29.1 Å². The fourth-order valence-electron chi connectivity index (χ4n) is 1.45. The summed E-state index contributed by atoms with van der Waals surface area (Å²) < 4.78 is 0. The summed E-state index contributed by atoms with van der Waals surface area (Å²) in [4.78, 5) is 17.1. The van der Waals surface area contributed by atoms with Crippen molar-refractivity contribution in [1.82, 2.24) is 4.98 Å². The SMILES string of the molecule is CCCN(CC)c1nc(CCC(=O)O)cs1. The molecule has 1 rings (SSSR count). The van der Waals surface area contributed by atoms with E-state index >= 15 is 0 Å². The van der Waals surface area contributed by atoms with Gasteiger partial charge in [0.1, 0.15) is 0 Å². The van der Waals surface area contributed by atoms with Crippen LogP contribution >= 0.6 is 11.3 Å². The van der Waals surface area contributed by atoms with Crippen molar-refractivity contribution in [3.8, 4) is 0 Å². The second-order valence-corrected chi connectivity index (χ2v) is 4.43. The number of carboxylic acids is 1. The quantitative estimate of drug-likeness (QED) is 0.797. The Morgan fingerprint density at radius 1 is 1.56 bits per heavy atom. The summed E-state index contributed by atoms with van der Waals surface area (Å²) in [6.07, 6.45) is 1.77. The summed E-state index contributed by atoms with van der Waals surface area (Å²) in [6, 6.07) is 0. The van der Waals surface area contributed by atoms with Gasteiger partial charge in [-0.1, -0.05) is 6.92 Å². The molecule has 0 amide bonds. The first kappa shape index (κ1) is 13.0. The monoisotopic (exact) mass is 242 g/mol. The number of nitrogens with zero attached hydrogens (tertiary/aromatic N) is 2. The number of aryl methyl sites for hydroxylation is 1. The number of aliphatic carboxylic acids is 1. The van der Waals surface area contributed by atoms with Gasteiger partial charge in [0.05, 0.1) is 12.1 Å². The number of anilines is 1. The van der Waals surface area contributed by atoms with Gasteiger partial charge in [-0.2, -0.15) is 0 Å². The topological polar surface area (TPSA) is 53.4 Å². The van der Waals surface area contributed by atoms with Gasteiger partial charge >= 0.3 is 5.97 Å². The maximum absolute atomic E-state index is 10.4. The smallest absolute Gasteiger partial charge is 0.303 e. The summed E-state index contributed by atoms with van der Waals surface area (Å²) in [7, 11) is 0. The highest BCUT2D eigenvalue weighted by Crippen LogP contribution is 2.21. The average molecular weight is 242 g/mol. The van der Waals surface area contributed by atoms with Crippen LogP contribution in [-0.2, 0) is 11.2 Å².